The summed E-state index contributed by atoms with van der Waals surface area (Å²) in [6, 6.07) is 6.08. The fraction of sp³-hybridized carbons (Fsp3) is 0.450. The minimum absolute atomic E-state index is 0.0348. The number of aliphatic hydroxyl groups is 1. The van der Waals surface area contributed by atoms with Crippen LogP contribution in [0.25, 0.3) is 5.57 Å². The molecule has 2 N–H and O–H groups in total. The molecule has 1 atom stereocenters. The van der Waals surface area contributed by atoms with E-state index in [1.54, 1.807) is 30.3 Å². The van der Waals surface area contributed by atoms with Crippen molar-refractivity contribution in [1.29, 1.82) is 0 Å². The second kappa shape index (κ2) is 8.63. The first-order valence-electron chi connectivity index (χ1n) is 9.38. The average molecular weight is 431 g/mol. The van der Waals surface area contributed by atoms with Crippen LogP contribution in [0.5, 0.6) is 5.75 Å². The number of hydrazone groups is 1. The number of allylic oxidation sites excluding steroid dienone is 2. The van der Waals surface area contributed by atoms with Crippen molar-refractivity contribution < 1.29 is 31.8 Å². The zero-order valence-corrected chi connectivity index (χ0v) is 16.2. The Labute approximate surface area is 170 Å². The maximum Gasteiger partial charge on any atom is 0.456 e. The van der Waals surface area contributed by atoms with Gasteiger partial charge in [-0.3, -0.25) is 5.01 Å². The minimum Gasteiger partial charge on any atom is -0.486 e. The lowest BCUT2D eigenvalue weighted by Crippen LogP contribution is -2.41. The molecule has 0 radical (unpaired) electrons. The van der Waals surface area contributed by atoms with Gasteiger partial charge in [0.15, 0.2) is 12.4 Å². The third kappa shape index (κ3) is 4.58. The van der Waals surface area contributed by atoms with E-state index in [0.717, 1.165) is 11.1 Å². The number of para-hydroxylation sites is 1. The maximum atomic E-state index is 13.3. The topological polar surface area (TPSA) is 57.1 Å². The predicted octanol–water partition coefficient (Wildman–Crippen LogP) is 3.58. The molecular weight excluding hydrogens is 409 g/mol. The molecule has 0 aromatic heterocycles. The molecule has 0 saturated heterocycles. The Morgan fingerprint density at radius 1 is 1.20 bits per heavy atom. The highest BCUT2D eigenvalue weighted by Gasteiger charge is 2.58. The molecule has 0 saturated carbocycles. The first-order chi connectivity index (χ1) is 14.1. The standard InChI is InChI=1S/C20H22F5N3O2/c1-28-16-11-13(7-8-15(16)18(27-28)26-9-4-10-29)14-5-2-3-6-17(14)30-12-19(21,22)20(23,24)25/h2-3,5-8,16,29H,4,9-12H2,1H3,(H,26,27). The zero-order chi connectivity index (χ0) is 21.9. The lowest BCUT2D eigenvalue weighted by molar-refractivity contribution is -0.290. The smallest absolute Gasteiger partial charge is 0.456 e. The first-order valence-corrected chi connectivity index (χ1v) is 9.38. The van der Waals surface area contributed by atoms with Crippen LogP contribution in [0.4, 0.5) is 22.0 Å². The summed E-state index contributed by atoms with van der Waals surface area (Å²) in [5, 5.41) is 18.3. The Kier molecular flexibility index (Phi) is 6.35. The summed E-state index contributed by atoms with van der Waals surface area (Å²) >= 11 is 0. The SMILES string of the molecule is CN1N=C(NCCCO)C2=CC=C(c3ccccc3OCC(F)(F)C(F)(F)F)CC21. The van der Waals surface area contributed by atoms with E-state index in [1.165, 1.54) is 12.1 Å². The summed E-state index contributed by atoms with van der Waals surface area (Å²) < 4.78 is 68.8. The van der Waals surface area contributed by atoms with E-state index in [0.29, 0.717) is 30.8 Å². The van der Waals surface area contributed by atoms with E-state index >= 15 is 0 Å². The van der Waals surface area contributed by atoms with Gasteiger partial charge in [-0.05, 0) is 24.5 Å². The molecule has 1 unspecified atom stereocenters. The number of benzene rings is 1. The lowest BCUT2D eigenvalue weighted by atomic mass is 9.89. The number of rotatable bonds is 7. The first kappa shape index (κ1) is 22.1. The van der Waals surface area contributed by atoms with Crippen molar-refractivity contribution in [3.63, 3.8) is 0 Å². The molecule has 1 aromatic carbocycles. The van der Waals surface area contributed by atoms with Crippen LogP contribution >= 0.6 is 0 Å². The summed E-state index contributed by atoms with van der Waals surface area (Å²) in [6.45, 7) is -1.16. The van der Waals surface area contributed by atoms with Gasteiger partial charge >= 0.3 is 12.1 Å². The van der Waals surface area contributed by atoms with Crippen molar-refractivity contribution in [1.82, 2.24) is 10.3 Å². The van der Waals surface area contributed by atoms with Crippen molar-refractivity contribution in [3.8, 4) is 5.75 Å². The van der Waals surface area contributed by atoms with Crippen molar-refractivity contribution >= 4 is 11.4 Å². The number of nitrogens with zero attached hydrogens (tertiary/aromatic N) is 2. The molecule has 1 aromatic rings. The van der Waals surface area contributed by atoms with Crippen molar-refractivity contribution in [2.45, 2.75) is 31.0 Å². The molecule has 1 heterocycles. The highest BCUT2D eigenvalue weighted by molar-refractivity contribution is 6.02. The van der Waals surface area contributed by atoms with E-state index in [2.05, 4.69) is 10.4 Å². The summed E-state index contributed by atoms with van der Waals surface area (Å²) in [5.41, 5.74) is 2.15. The van der Waals surface area contributed by atoms with Gasteiger partial charge < -0.3 is 15.2 Å². The van der Waals surface area contributed by atoms with Gasteiger partial charge in [-0.1, -0.05) is 30.4 Å². The van der Waals surface area contributed by atoms with E-state index in [4.69, 9.17) is 9.84 Å². The average Bonchev–Trinajstić information content (AvgIpc) is 3.01. The molecule has 164 valence electrons. The molecule has 0 spiro atoms. The molecule has 1 aliphatic heterocycles. The number of alkyl halides is 5. The number of hydrogen-bond donors (Lipinski definition) is 2. The molecule has 0 fully saturated rings. The normalized spacial score (nSPS) is 19.1. The Hall–Kier alpha value is -2.62. The van der Waals surface area contributed by atoms with Crippen LogP contribution in [0.1, 0.15) is 18.4 Å². The largest absolute Gasteiger partial charge is 0.486 e. The van der Waals surface area contributed by atoms with E-state index in [1.807, 2.05) is 6.08 Å². The highest BCUT2D eigenvalue weighted by atomic mass is 19.4. The number of nitrogens with one attached hydrogen (secondary N) is 1. The van der Waals surface area contributed by atoms with Gasteiger partial charge in [0.05, 0.1) is 6.04 Å². The Balaban J connectivity index is 1.79. The number of amidine groups is 1. The van der Waals surface area contributed by atoms with E-state index < -0.39 is 18.7 Å². The second-order valence-electron chi connectivity index (χ2n) is 7.05. The number of fused-ring (bicyclic) bond motifs is 1. The van der Waals surface area contributed by atoms with E-state index in [9.17, 15) is 22.0 Å². The van der Waals surface area contributed by atoms with Gasteiger partial charge in [-0.15, -0.1) is 0 Å². The summed E-state index contributed by atoms with van der Waals surface area (Å²) in [6.07, 6.45) is -0.980. The number of likely N-dealkylation sites (N-methyl/N-ethyl adjacent to an activating group) is 1. The maximum absolute atomic E-state index is 13.3. The minimum atomic E-state index is -5.67. The molecule has 30 heavy (non-hydrogen) atoms. The van der Waals surface area contributed by atoms with Crippen LogP contribution in [0.2, 0.25) is 0 Å². The lowest BCUT2D eigenvalue weighted by Gasteiger charge is -2.26. The van der Waals surface area contributed by atoms with Crippen LogP contribution in [0, 0.1) is 0 Å². The quantitative estimate of drug-likeness (QED) is 0.512. The Bertz CT molecular complexity index is 864. The van der Waals surface area contributed by atoms with Gasteiger partial charge in [0.25, 0.3) is 0 Å². The van der Waals surface area contributed by atoms with Gasteiger partial charge in [0, 0.05) is 31.3 Å². The molecule has 1 aliphatic carbocycles. The van der Waals surface area contributed by atoms with Crippen LogP contribution < -0.4 is 10.1 Å². The van der Waals surface area contributed by atoms with E-state index in [-0.39, 0.29) is 18.4 Å². The Morgan fingerprint density at radius 3 is 2.63 bits per heavy atom. The molecule has 0 bridgehead atoms. The number of aliphatic hydroxyl groups excluding tert-OH is 1. The highest BCUT2D eigenvalue weighted by Crippen LogP contribution is 2.39. The van der Waals surface area contributed by atoms with Crippen LogP contribution in [0.3, 0.4) is 0 Å². The number of hydrogen-bond acceptors (Lipinski definition) is 5. The third-order valence-electron chi connectivity index (χ3n) is 4.90. The number of ether oxygens (including phenoxy) is 1. The summed E-state index contributed by atoms with van der Waals surface area (Å²) in [4.78, 5) is 0. The van der Waals surface area contributed by atoms with Crippen LogP contribution in [-0.4, -0.2) is 60.9 Å². The molecule has 10 heteroatoms. The van der Waals surface area contributed by atoms with Crippen LogP contribution in [0.15, 0.2) is 47.1 Å². The number of halogens is 5. The zero-order valence-electron chi connectivity index (χ0n) is 16.2. The fourth-order valence-corrected chi connectivity index (χ4v) is 3.27. The van der Waals surface area contributed by atoms with Crippen molar-refractivity contribution in [3.05, 3.63) is 47.6 Å². The monoisotopic (exact) mass is 431 g/mol. The predicted molar refractivity (Wildman–Crippen MR) is 102 cm³/mol. The summed E-state index contributed by atoms with van der Waals surface area (Å²) in [5.74, 6) is -4.28. The van der Waals surface area contributed by atoms with Crippen LogP contribution in [-0.2, 0) is 0 Å². The van der Waals surface area contributed by atoms with Gasteiger partial charge in [0.2, 0.25) is 0 Å². The fourth-order valence-electron chi connectivity index (χ4n) is 3.27. The second-order valence-corrected chi connectivity index (χ2v) is 7.05. The van der Waals surface area contributed by atoms with Crippen molar-refractivity contribution in [2.75, 3.05) is 26.8 Å². The van der Waals surface area contributed by atoms with Gasteiger partial charge in [-0.25, -0.2) is 0 Å². The molecular formula is C20H22F5N3O2. The molecule has 5 nitrogen and oxygen atoms in total. The van der Waals surface area contributed by atoms with Gasteiger partial charge in [-0.2, -0.15) is 27.1 Å². The Morgan fingerprint density at radius 2 is 1.93 bits per heavy atom. The van der Waals surface area contributed by atoms with Crippen molar-refractivity contribution in [2.24, 2.45) is 5.10 Å². The molecule has 3 rings (SSSR count). The molecule has 2 aliphatic rings. The third-order valence-corrected chi connectivity index (χ3v) is 4.90. The van der Waals surface area contributed by atoms with Gasteiger partial charge in [0.1, 0.15) is 5.75 Å². The summed E-state index contributed by atoms with van der Waals surface area (Å²) in [7, 11) is 1.80. The molecule has 0 amide bonds.